The number of aromatic amines is 1. The minimum absolute atomic E-state index is 0.0835. The van der Waals surface area contributed by atoms with Crippen molar-refractivity contribution in [3.05, 3.63) is 59.0 Å². The molecule has 0 saturated carbocycles. The summed E-state index contributed by atoms with van der Waals surface area (Å²) in [6.07, 6.45) is 1.82. The van der Waals surface area contributed by atoms with Gasteiger partial charge in [0.2, 0.25) is 12.7 Å². The number of H-pyrrole nitrogens is 1. The highest BCUT2D eigenvalue weighted by molar-refractivity contribution is 5.90. The number of aromatic nitrogens is 1. The standard InChI is InChI=1S/C24H25FN2O4/c1-15-18(19-11-17(25)3-4-20(19)27-15)12-23(28)26-13-24(6-8-29-9-7-24)16-2-5-21-22(10-16)31-14-30-21/h2-5,10-11,27H,6-9,12-14H2,1H3,(H,26,28). The number of nitrogens with one attached hydrogen (secondary N) is 2. The van der Waals surface area contributed by atoms with E-state index in [9.17, 15) is 9.18 Å². The molecule has 5 rings (SSSR count). The Morgan fingerprint density at radius 2 is 1.94 bits per heavy atom. The summed E-state index contributed by atoms with van der Waals surface area (Å²) >= 11 is 0. The zero-order valence-corrected chi connectivity index (χ0v) is 17.4. The fraction of sp³-hybridized carbons (Fsp3) is 0.375. The average Bonchev–Trinajstić information content (AvgIpc) is 3.37. The summed E-state index contributed by atoms with van der Waals surface area (Å²) in [5.74, 6) is 1.10. The van der Waals surface area contributed by atoms with Crippen molar-refractivity contribution in [1.82, 2.24) is 10.3 Å². The molecule has 2 N–H and O–H groups in total. The van der Waals surface area contributed by atoms with Crippen LogP contribution in [-0.4, -0.2) is 37.4 Å². The van der Waals surface area contributed by atoms with Crippen molar-refractivity contribution in [2.75, 3.05) is 26.6 Å². The van der Waals surface area contributed by atoms with Gasteiger partial charge in [-0.1, -0.05) is 6.07 Å². The molecule has 2 aliphatic heterocycles. The van der Waals surface area contributed by atoms with E-state index in [-0.39, 0.29) is 30.4 Å². The molecule has 2 aliphatic rings. The Morgan fingerprint density at radius 3 is 2.77 bits per heavy atom. The van der Waals surface area contributed by atoms with E-state index in [2.05, 4.69) is 16.4 Å². The van der Waals surface area contributed by atoms with E-state index in [0.29, 0.717) is 19.8 Å². The maximum atomic E-state index is 13.7. The quantitative estimate of drug-likeness (QED) is 0.654. The van der Waals surface area contributed by atoms with Gasteiger partial charge in [-0.2, -0.15) is 0 Å². The number of carbonyl (C=O) groups excluding carboxylic acids is 1. The molecule has 1 amide bonds. The summed E-state index contributed by atoms with van der Waals surface area (Å²) in [6.45, 7) is 3.93. The number of halogens is 1. The van der Waals surface area contributed by atoms with Crippen molar-refractivity contribution in [2.24, 2.45) is 0 Å². The maximum Gasteiger partial charge on any atom is 0.231 e. The van der Waals surface area contributed by atoms with Crippen LogP contribution in [0.1, 0.15) is 29.7 Å². The fourth-order valence-corrected chi connectivity index (χ4v) is 4.63. The van der Waals surface area contributed by atoms with Crippen LogP contribution >= 0.6 is 0 Å². The molecule has 0 atom stereocenters. The Labute approximate surface area is 179 Å². The van der Waals surface area contributed by atoms with Gasteiger partial charge in [-0.15, -0.1) is 0 Å². The molecule has 3 heterocycles. The first kappa shape index (κ1) is 19.9. The summed E-state index contributed by atoms with van der Waals surface area (Å²) in [5, 5.41) is 3.88. The van der Waals surface area contributed by atoms with Gasteiger partial charge in [-0.05, 0) is 61.2 Å². The molecule has 0 unspecified atom stereocenters. The predicted molar refractivity (Wildman–Crippen MR) is 114 cm³/mol. The van der Waals surface area contributed by atoms with Crippen LogP contribution in [0.4, 0.5) is 4.39 Å². The average molecular weight is 424 g/mol. The minimum Gasteiger partial charge on any atom is -0.454 e. The van der Waals surface area contributed by atoms with Gasteiger partial charge >= 0.3 is 0 Å². The number of carbonyl (C=O) groups is 1. The van der Waals surface area contributed by atoms with Crippen LogP contribution < -0.4 is 14.8 Å². The van der Waals surface area contributed by atoms with Gasteiger partial charge in [0.25, 0.3) is 0 Å². The predicted octanol–water partition coefficient (Wildman–Crippen LogP) is 3.75. The number of benzene rings is 2. The monoisotopic (exact) mass is 424 g/mol. The van der Waals surface area contributed by atoms with E-state index in [0.717, 1.165) is 52.1 Å². The second-order valence-corrected chi connectivity index (χ2v) is 8.33. The number of ether oxygens (including phenoxy) is 3. The molecule has 0 bridgehead atoms. The Hall–Kier alpha value is -3.06. The molecule has 6 nitrogen and oxygen atoms in total. The van der Waals surface area contributed by atoms with Crippen LogP contribution in [0.2, 0.25) is 0 Å². The Balaban J connectivity index is 1.35. The fourth-order valence-electron chi connectivity index (χ4n) is 4.63. The van der Waals surface area contributed by atoms with E-state index in [1.54, 1.807) is 6.07 Å². The summed E-state index contributed by atoms with van der Waals surface area (Å²) in [6, 6.07) is 10.6. The Kier molecular flexibility index (Phi) is 5.06. The zero-order chi connectivity index (χ0) is 21.4. The van der Waals surface area contributed by atoms with Crippen molar-refractivity contribution in [3.8, 4) is 11.5 Å². The van der Waals surface area contributed by atoms with Crippen LogP contribution in [0, 0.1) is 12.7 Å². The Bertz CT molecular complexity index is 1130. The topological polar surface area (TPSA) is 72.6 Å². The van der Waals surface area contributed by atoms with Crippen LogP contribution in [-0.2, 0) is 21.4 Å². The molecular weight excluding hydrogens is 399 g/mol. The lowest BCUT2D eigenvalue weighted by atomic mass is 9.74. The van der Waals surface area contributed by atoms with Gasteiger partial charge in [0, 0.05) is 41.8 Å². The van der Waals surface area contributed by atoms with Gasteiger partial charge in [-0.3, -0.25) is 4.79 Å². The molecule has 1 saturated heterocycles. The summed E-state index contributed by atoms with van der Waals surface area (Å²) in [7, 11) is 0. The van der Waals surface area contributed by atoms with E-state index >= 15 is 0 Å². The van der Waals surface area contributed by atoms with Crippen molar-refractivity contribution in [3.63, 3.8) is 0 Å². The highest BCUT2D eigenvalue weighted by Crippen LogP contribution is 2.40. The van der Waals surface area contributed by atoms with E-state index < -0.39 is 0 Å². The van der Waals surface area contributed by atoms with E-state index in [1.165, 1.54) is 12.1 Å². The van der Waals surface area contributed by atoms with Crippen molar-refractivity contribution < 1.29 is 23.4 Å². The molecule has 7 heteroatoms. The van der Waals surface area contributed by atoms with Gasteiger partial charge in [0.15, 0.2) is 11.5 Å². The second kappa shape index (κ2) is 7.89. The number of fused-ring (bicyclic) bond motifs is 2. The summed E-state index contributed by atoms with van der Waals surface area (Å²) < 4.78 is 30.3. The molecular formula is C24H25FN2O4. The molecule has 0 radical (unpaired) electrons. The molecule has 162 valence electrons. The first-order valence-electron chi connectivity index (χ1n) is 10.6. The normalized spacial score (nSPS) is 17.1. The molecule has 0 spiro atoms. The van der Waals surface area contributed by atoms with Crippen LogP contribution in [0.25, 0.3) is 10.9 Å². The van der Waals surface area contributed by atoms with Gasteiger partial charge in [-0.25, -0.2) is 4.39 Å². The smallest absolute Gasteiger partial charge is 0.231 e. The molecule has 0 aliphatic carbocycles. The zero-order valence-electron chi connectivity index (χ0n) is 17.4. The number of aryl methyl sites for hydroxylation is 1. The van der Waals surface area contributed by atoms with Crippen molar-refractivity contribution in [1.29, 1.82) is 0 Å². The first-order chi connectivity index (χ1) is 15.0. The van der Waals surface area contributed by atoms with Crippen LogP contribution in [0.15, 0.2) is 36.4 Å². The van der Waals surface area contributed by atoms with E-state index in [4.69, 9.17) is 14.2 Å². The second-order valence-electron chi connectivity index (χ2n) is 8.33. The molecule has 2 aromatic carbocycles. The molecule has 1 aromatic heterocycles. The van der Waals surface area contributed by atoms with Crippen LogP contribution in [0.5, 0.6) is 11.5 Å². The van der Waals surface area contributed by atoms with Crippen LogP contribution in [0.3, 0.4) is 0 Å². The van der Waals surface area contributed by atoms with Gasteiger partial charge in [0.1, 0.15) is 5.82 Å². The highest BCUT2D eigenvalue weighted by atomic mass is 19.1. The Morgan fingerprint density at radius 1 is 1.13 bits per heavy atom. The van der Waals surface area contributed by atoms with Crippen molar-refractivity contribution >= 4 is 16.8 Å². The third-order valence-electron chi connectivity index (χ3n) is 6.48. The number of hydrogen-bond donors (Lipinski definition) is 2. The van der Waals surface area contributed by atoms with Gasteiger partial charge < -0.3 is 24.5 Å². The van der Waals surface area contributed by atoms with Gasteiger partial charge in [0.05, 0.1) is 6.42 Å². The molecule has 1 fully saturated rings. The number of rotatable bonds is 5. The lowest BCUT2D eigenvalue weighted by Gasteiger charge is -2.38. The van der Waals surface area contributed by atoms with E-state index in [1.807, 2.05) is 19.1 Å². The first-order valence-corrected chi connectivity index (χ1v) is 10.6. The third kappa shape index (κ3) is 3.74. The highest BCUT2D eigenvalue weighted by Gasteiger charge is 2.36. The third-order valence-corrected chi connectivity index (χ3v) is 6.48. The maximum absolute atomic E-state index is 13.7. The lowest BCUT2D eigenvalue weighted by Crippen LogP contribution is -2.45. The molecule has 3 aromatic rings. The lowest BCUT2D eigenvalue weighted by molar-refractivity contribution is -0.120. The minimum atomic E-state index is -0.308. The number of amides is 1. The largest absolute Gasteiger partial charge is 0.454 e. The number of hydrogen-bond acceptors (Lipinski definition) is 4. The summed E-state index contributed by atoms with van der Waals surface area (Å²) in [4.78, 5) is 16.1. The summed E-state index contributed by atoms with van der Waals surface area (Å²) in [5.41, 5.74) is 3.44. The molecule has 31 heavy (non-hydrogen) atoms. The van der Waals surface area contributed by atoms with Crippen molar-refractivity contribution in [2.45, 2.75) is 31.6 Å². The SMILES string of the molecule is Cc1[nH]c2ccc(F)cc2c1CC(=O)NCC1(c2ccc3c(c2)OCO3)CCOCC1.